The highest BCUT2D eigenvalue weighted by Crippen LogP contribution is 2.42. The number of alkyl halides is 3. The van der Waals surface area contributed by atoms with Gasteiger partial charge in [-0.1, -0.05) is 108 Å². The molecule has 1 N–H and O–H groups in total. The van der Waals surface area contributed by atoms with Gasteiger partial charge >= 0.3 is 15.6 Å². The average molecular weight is 825 g/mol. The maximum absolute atomic E-state index is 12.0. The third kappa shape index (κ3) is 8.13. The van der Waals surface area contributed by atoms with Crippen molar-refractivity contribution in [1.29, 1.82) is 0 Å². The van der Waals surface area contributed by atoms with Crippen molar-refractivity contribution >= 4 is 106 Å². The van der Waals surface area contributed by atoms with Gasteiger partial charge in [-0.2, -0.15) is 21.6 Å². The number of hydrogen-bond donors (Lipinski definition) is 1. The van der Waals surface area contributed by atoms with Crippen LogP contribution in [0.5, 0.6) is 0 Å². The highest BCUT2D eigenvalue weighted by atomic mass is 79.9. The molecule has 0 radical (unpaired) electrons. The number of benzene rings is 6. The summed E-state index contributed by atoms with van der Waals surface area (Å²) in [5, 5.41) is 7.71. The standard InChI is InChI=1S/C17H13BrOS.C16H9BrS.CHF3O3S.CH4/c1-20(19)17-9-5-4-8-15(17)16-11-13(18)10-12-6-2-3-7-14(12)16;17-13-9-10-5-1-2-6-11(10)15-12-7-3-4-8-14(12)18-16(13)15;2-1(3,4)8(5,6)7;/h2-11H,1H3;1-9H;(H,5,6,7);1H4. The third-order valence-corrected chi connectivity index (χ3v) is 11.0. The molecule has 244 valence electrons. The fraction of sp³-hybridized carbons (Fsp3) is 0.0857. The van der Waals surface area contributed by atoms with Crippen LogP contribution in [0.4, 0.5) is 13.2 Å². The molecule has 7 rings (SSSR count). The Labute approximate surface area is 293 Å². The maximum atomic E-state index is 12.0. The summed E-state index contributed by atoms with van der Waals surface area (Å²) in [7, 11) is -6.85. The Bertz CT molecular complexity index is 2360. The van der Waals surface area contributed by atoms with E-state index in [9.17, 15) is 17.4 Å². The molecular formula is C35H27Br2F3O4S3. The summed E-state index contributed by atoms with van der Waals surface area (Å²) >= 11 is 9.13. The minimum Gasteiger partial charge on any atom is -0.279 e. The minimum absolute atomic E-state index is 0. The van der Waals surface area contributed by atoms with Gasteiger partial charge in [-0.3, -0.25) is 8.76 Å². The first kappa shape index (κ1) is 36.7. The van der Waals surface area contributed by atoms with Gasteiger partial charge in [0.05, 0.1) is 15.5 Å². The predicted molar refractivity (Wildman–Crippen MR) is 198 cm³/mol. The van der Waals surface area contributed by atoms with E-state index in [1.54, 1.807) is 6.26 Å². The molecule has 0 aliphatic carbocycles. The van der Waals surface area contributed by atoms with Crippen molar-refractivity contribution in [3.8, 4) is 11.1 Å². The lowest BCUT2D eigenvalue weighted by Gasteiger charge is -2.11. The lowest BCUT2D eigenvalue weighted by atomic mass is 9.98. The number of rotatable bonds is 2. The van der Waals surface area contributed by atoms with Crippen molar-refractivity contribution in [3.63, 3.8) is 0 Å². The summed E-state index contributed by atoms with van der Waals surface area (Å²) in [4.78, 5) is 0.871. The van der Waals surface area contributed by atoms with E-state index < -0.39 is 26.4 Å². The van der Waals surface area contributed by atoms with Gasteiger partial charge in [0.25, 0.3) is 0 Å². The van der Waals surface area contributed by atoms with Crippen LogP contribution < -0.4 is 0 Å². The molecule has 0 aliphatic rings. The Kier molecular flexibility index (Phi) is 11.7. The van der Waals surface area contributed by atoms with Crippen molar-refractivity contribution in [3.05, 3.63) is 124 Å². The van der Waals surface area contributed by atoms with Crippen molar-refractivity contribution in [2.45, 2.75) is 17.8 Å². The van der Waals surface area contributed by atoms with Crippen LogP contribution in [-0.2, 0) is 20.9 Å². The molecular weight excluding hydrogens is 797 g/mol. The van der Waals surface area contributed by atoms with Crippen LogP contribution in [-0.4, -0.2) is 28.9 Å². The Morgan fingerprint density at radius 2 is 1.23 bits per heavy atom. The van der Waals surface area contributed by atoms with Crippen LogP contribution >= 0.6 is 43.2 Å². The van der Waals surface area contributed by atoms with E-state index in [4.69, 9.17) is 13.0 Å². The van der Waals surface area contributed by atoms with E-state index in [0.717, 1.165) is 20.5 Å². The summed E-state index contributed by atoms with van der Waals surface area (Å²) in [6, 6.07) is 39.8. The first-order chi connectivity index (χ1) is 21.8. The Balaban J connectivity index is 0.000000172. The summed E-state index contributed by atoms with van der Waals surface area (Å²) in [5.41, 5.74) is -3.39. The molecule has 0 fully saturated rings. The van der Waals surface area contributed by atoms with Gasteiger partial charge in [-0.05, 0) is 78.9 Å². The second kappa shape index (κ2) is 15.0. The molecule has 0 spiro atoms. The Morgan fingerprint density at radius 3 is 1.85 bits per heavy atom. The van der Waals surface area contributed by atoms with Gasteiger partial charge < -0.3 is 0 Å². The van der Waals surface area contributed by atoms with E-state index in [2.05, 4.69) is 111 Å². The van der Waals surface area contributed by atoms with Gasteiger partial charge in [0.15, 0.2) is 0 Å². The zero-order valence-corrected chi connectivity index (χ0v) is 29.4. The molecule has 47 heavy (non-hydrogen) atoms. The molecule has 0 aliphatic heterocycles. The second-order valence-electron chi connectivity index (χ2n) is 9.93. The smallest absolute Gasteiger partial charge is 0.279 e. The SMILES string of the molecule is Brc1cc2ccccc2c2c1sc1ccccc12.C.CS(=O)c1ccccc1-c1cc(Br)cc2ccccc12.O=S(=O)(O)C(F)(F)F. The molecule has 0 saturated heterocycles. The van der Waals surface area contributed by atoms with E-state index in [1.165, 1.54) is 46.2 Å². The summed E-state index contributed by atoms with van der Waals surface area (Å²) in [5.74, 6) is 0. The highest BCUT2D eigenvalue weighted by Gasteiger charge is 2.44. The van der Waals surface area contributed by atoms with Crippen LogP contribution in [0.15, 0.2) is 129 Å². The molecule has 1 atom stereocenters. The summed E-state index contributed by atoms with van der Waals surface area (Å²) < 4.78 is 74.4. The largest absolute Gasteiger partial charge is 0.522 e. The van der Waals surface area contributed by atoms with Gasteiger partial charge in [-0.15, -0.1) is 11.3 Å². The monoisotopic (exact) mass is 822 g/mol. The molecule has 4 nitrogen and oxygen atoms in total. The third-order valence-electron chi connectivity index (χ3n) is 6.93. The van der Waals surface area contributed by atoms with Crippen LogP contribution in [0.2, 0.25) is 0 Å². The van der Waals surface area contributed by atoms with Gasteiger partial charge in [0, 0.05) is 35.6 Å². The quantitative estimate of drug-likeness (QED) is 0.139. The fourth-order valence-electron chi connectivity index (χ4n) is 4.97. The predicted octanol–water partition coefficient (Wildman–Crippen LogP) is 12.0. The van der Waals surface area contributed by atoms with Crippen LogP contribution in [0, 0.1) is 0 Å². The second-order valence-corrected chi connectivity index (χ2v) is 15.5. The summed E-state index contributed by atoms with van der Waals surface area (Å²) in [6.45, 7) is 0. The fourth-order valence-corrected chi connectivity index (χ4v) is 8.02. The first-order valence-electron chi connectivity index (χ1n) is 13.4. The topological polar surface area (TPSA) is 71.4 Å². The maximum Gasteiger partial charge on any atom is 0.522 e. The van der Waals surface area contributed by atoms with Gasteiger partial charge in [0.2, 0.25) is 0 Å². The van der Waals surface area contributed by atoms with Crippen molar-refractivity contribution in [2.24, 2.45) is 0 Å². The Morgan fingerprint density at radius 1 is 0.723 bits per heavy atom. The Hall–Kier alpha value is -3.13. The van der Waals surface area contributed by atoms with E-state index >= 15 is 0 Å². The van der Waals surface area contributed by atoms with Crippen LogP contribution in [0.3, 0.4) is 0 Å². The number of hydrogen-bond acceptors (Lipinski definition) is 4. The minimum atomic E-state index is -5.84. The van der Waals surface area contributed by atoms with Crippen LogP contribution in [0.1, 0.15) is 7.43 Å². The van der Waals surface area contributed by atoms with E-state index in [1.807, 2.05) is 47.7 Å². The molecule has 0 amide bonds. The highest BCUT2D eigenvalue weighted by molar-refractivity contribution is 9.11. The number of fused-ring (bicyclic) bond motifs is 6. The molecule has 1 aromatic heterocycles. The molecule has 1 unspecified atom stereocenters. The number of halogens is 5. The summed E-state index contributed by atoms with van der Waals surface area (Å²) in [6.07, 6.45) is 1.72. The van der Waals surface area contributed by atoms with Crippen LogP contribution in [0.25, 0.3) is 52.8 Å². The molecule has 1 heterocycles. The van der Waals surface area contributed by atoms with E-state index in [-0.39, 0.29) is 7.43 Å². The van der Waals surface area contributed by atoms with Gasteiger partial charge in [0.1, 0.15) is 0 Å². The average Bonchev–Trinajstić information content (AvgIpc) is 3.41. The lowest BCUT2D eigenvalue weighted by molar-refractivity contribution is -0.0510. The molecule has 0 bridgehead atoms. The van der Waals surface area contributed by atoms with Crippen molar-refractivity contribution < 1.29 is 30.4 Å². The normalized spacial score (nSPS) is 12.1. The van der Waals surface area contributed by atoms with Crippen molar-refractivity contribution in [2.75, 3.05) is 6.26 Å². The molecule has 0 saturated carbocycles. The number of thiophene rings is 1. The zero-order valence-electron chi connectivity index (χ0n) is 23.8. The zero-order chi connectivity index (χ0) is 33.2. The molecule has 12 heteroatoms. The lowest BCUT2D eigenvalue weighted by Crippen LogP contribution is -2.21. The van der Waals surface area contributed by atoms with E-state index in [0.29, 0.717) is 0 Å². The molecule has 6 aromatic carbocycles. The van der Waals surface area contributed by atoms with Crippen molar-refractivity contribution in [1.82, 2.24) is 0 Å². The first-order valence-corrected chi connectivity index (χ1v) is 18.8. The van der Waals surface area contributed by atoms with Gasteiger partial charge in [-0.25, -0.2) is 0 Å². The molecule has 7 aromatic rings.